The molecule has 5 rings (SSSR count). The zero-order valence-electron chi connectivity index (χ0n) is 18.3. The first kappa shape index (κ1) is 24.6. The van der Waals surface area contributed by atoms with Crippen LogP contribution in [0.25, 0.3) is 10.2 Å². The first-order chi connectivity index (χ1) is 16.8. The second kappa shape index (κ2) is 10.1. The molecule has 0 bridgehead atoms. The summed E-state index contributed by atoms with van der Waals surface area (Å²) in [5.41, 5.74) is 1.46. The predicted octanol–water partition coefficient (Wildman–Crippen LogP) is 5.69. The lowest BCUT2D eigenvalue weighted by atomic mass is 9.98. The number of nitrogens with zero attached hydrogens (tertiary/aromatic N) is 4. The minimum absolute atomic E-state index is 0.103. The highest BCUT2D eigenvalue weighted by atomic mass is 35.5. The Hall–Kier alpha value is -2.08. The highest BCUT2D eigenvalue weighted by molar-refractivity contribution is 7.91. The summed E-state index contributed by atoms with van der Waals surface area (Å²) < 4.78 is 29.2. The van der Waals surface area contributed by atoms with E-state index in [4.69, 9.17) is 23.2 Å². The first-order valence-corrected chi connectivity index (χ1v) is 14.7. The number of benzene rings is 1. The monoisotopic (exact) mass is 566 g/mol. The second-order valence-corrected chi connectivity index (χ2v) is 13.4. The van der Waals surface area contributed by atoms with Crippen LogP contribution < -0.4 is 4.90 Å². The van der Waals surface area contributed by atoms with E-state index in [1.54, 1.807) is 23.2 Å². The highest BCUT2D eigenvalue weighted by Gasteiger charge is 2.37. The summed E-state index contributed by atoms with van der Waals surface area (Å²) in [6.07, 6.45) is 2.85. The maximum atomic E-state index is 13.9. The summed E-state index contributed by atoms with van der Waals surface area (Å²) in [5.74, 6) is -0.682. The SMILES string of the molecule is O=C(C1CCCN(S(=O)(=O)c2ccc(Cl)s2)C1)N(Cc1ccccn1)c1nc2ccc(Cl)cc2s1. The molecular formula is C23H20Cl2N4O3S3. The molecule has 35 heavy (non-hydrogen) atoms. The van der Waals surface area contributed by atoms with E-state index in [9.17, 15) is 13.2 Å². The third-order valence-corrected chi connectivity index (χ3v) is 10.6. The Bertz CT molecular complexity index is 1470. The van der Waals surface area contributed by atoms with Gasteiger partial charge in [0.05, 0.1) is 32.7 Å². The molecule has 1 amide bonds. The number of carbonyl (C=O) groups is 1. The average molecular weight is 568 g/mol. The molecule has 1 atom stereocenters. The van der Waals surface area contributed by atoms with Gasteiger partial charge in [0.15, 0.2) is 5.13 Å². The van der Waals surface area contributed by atoms with Crippen molar-refractivity contribution in [1.29, 1.82) is 0 Å². The van der Waals surface area contributed by atoms with Crippen molar-refractivity contribution in [2.75, 3.05) is 18.0 Å². The van der Waals surface area contributed by atoms with Crippen molar-refractivity contribution < 1.29 is 13.2 Å². The lowest BCUT2D eigenvalue weighted by molar-refractivity contribution is -0.123. The smallest absolute Gasteiger partial charge is 0.252 e. The Morgan fingerprint density at radius 3 is 2.74 bits per heavy atom. The van der Waals surface area contributed by atoms with Crippen LogP contribution in [0, 0.1) is 5.92 Å². The zero-order valence-corrected chi connectivity index (χ0v) is 22.3. The van der Waals surface area contributed by atoms with Crippen molar-refractivity contribution in [2.45, 2.75) is 23.6 Å². The van der Waals surface area contributed by atoms with Crippen LogP contribution in [0.3, 0.4) is 0 Å². The van der Waals surface area contributed by atoms with E-state index in [1.807, 2.05) is 30.3 Å². The van der Waals surface area contributed by atoms with Gasteiger partial charge in [-0.2, -0.15) is 4.31 Å². The minimum atomic E-state index is -3.73. The van der Waals surface area contributed by atoms with E-state index in [-0.39, 0.29) is 23.2 Å². The van der Waals surface area contributed by atoms with E-state index in [0.717, 1.165) is 21.6 Å². The number of carbonyl (C=O) groups excluding carboxylic acids is 1. The first-order valence-electron chi connectivity index (χ1n) is 10.8. The van der Waals surface area contributed by atoms with Gasteiger partial charge >= 0.3 is 0 Å². The number of thiazole rings is 1. The lowest BCUT2D eigenvalue weighted by Gasteiger charge is -2.33. The molecule has 1 aliphatic rings. The van der Waals surface area contributed by atoms with Gasteiger partial charge in [0.25, 0.3) is 10.0 Å². The molecule has 3 aromatic heterocycles. The predicted molar refractivity (Wildman–Crippen MR) is 141 cm³/mol. The summed E-state index contributed by atoms with van der Waals surface area (Å²) >= 11 is 14.5. The fraction of sp³-hybridized carbons (Fsp3) is 0.261. The molecule has 4 heterocycles. The van der Waals surface area contributed by atoms with E-state index in [0.29, 0.717) is 39.6 Å². The number of fused-ring (bicyclic) bond motifs is 1. The van der Waals surface area contributed by atoms with Gasteiger partial charge in [-0.3, -0.25) is 14.7 Å². The van der Waals surface area contributed by atoms with Crippen LogP contribution in [-0.2, 0) is 21.4 Å². The molecular weight excluding hydrogens is 547 g/mol. The maximum absolute atomic E-state index is 13.9. The van der Waals surface area contributed by atoms with Crippen molar-refractivity contribution in [1.82, 2.24) is 14.3 Å². The quantitative estimate of drug-likeness (QED) is 0.299. The topological polar surface area (TPSA) is 83.5 Å². The maximum Gasteiger partial charge on any atom is 0.252 e. The van der Waals surface area contributed by atoms with Crippen LogP contribution in [0.5, 0.6) is 0 Å². The Balaban J connectivity index is 1.45. The normalized spacial score (nSPS) is 17.0. The van der Waals surface area contributed by atoms with E-state index < -0.39 is 15.9 Å². The molecule has 0 aliphatic carbocycles. The summed E-state index contributed by atoms with van der Waals surface area (Å²) in [5, 5.41) is 1.13. The van der Waals surface area contributed by atoms with Crippen molar-refractivity contribution in [2.24, 2.45) is 5.92 Å². The van der Waals surface area contributed by atoms with Crippen molar-refractivity contribution in [3.8, 4) is 0 Å². The Morgan fingerprint density at radius 1 is 1.14 bits per heavy atom. The molecule has 7 nitrogen and oxygen atoms in total. The minimum Gasteiger partial charge on any atom is -0.282 e. The van der Waals surface area contributed by atoms with Crippen LogP contribution in [0.15, 0.2) is 58.9 Å². The number of hydrogen-bond acceptors (Lipinski definition) is 7. The van der Waals surface area contributed by atoms with Crippen molar-refractivity contribution in [3.05, 3.63) is 69.8 Å². The number of halogens is 2. The molecule has 1 fully saturated rings. The molecule has 182 valence electrons. The van der Waals surface area contributed by atoms with Gasteiger partial charge in [0.1, 0.15) is 4.21 Å². The highest BCUT2D eigenvalue weighted by Crippen LogP contribution is 2.35. The molecule has 1 unspecified atom stereocenters. The molecule has 4 aromatic rings. The fourth-order valence-electron chi connectivity index (χ4n) is 4.04. The van der Waals surface area contributed by atoms with Gasteiger partial charge in [0.2, 0.25) is 5.91 Å². The fourth-order valence-corrected chi connectivity index (χ4v) is 8.45. The Labute approximate surface area is 221 Å². The van der Waals surface area contributed by atoms with Crippen LogP contribution in [-0.4, -0.2) is 41.7 Å². The number of piperidine rings is 1. The Kier molecular flexibility index (Phi) is 7.11. The van der Waals surface area contributed by atoms with Gasteiger partial charge in [-0.25, -0.2) is 13.4 Å². The largest absolute Gasteiger partial charge is 0.282 e. The summed E-state index contributed by atoms with van der Waals surface area (Å²) in [6, 6.07) is 14.0. The molecule has 1 saturated heterocycles. The van der Waals surface area contributed by atoms with Crippen molar-refractivity contribution >= 4 is 77.2 Å². The number of rotatable bonds is 6. The molecule has 1 aliphatic heterocycles. The summed E-state index contributed by atoms with van der Waals surface area (Å²) in [7, 11) is -3.73. The third kappa shape index (κ3) is 5.23. The van der Waals surface area contributed by atoms with E-state index in [2.05, 4.69) is 9.97 Å². The van der Waals surface area contributed by atoms with Crippen LogP contribution in [0.2, 0.25) is 9.36 Å². The van der Waals surface area contributed by atoms with Crippen molar-refractivity contribution in [3.63, 3.8) is 0 Å². The van der Waals surface area contributed by atoms with Crippen LogP contribution >= 0.6 is 45.9 Å². The number of anilines is 1. The number of hydrogen-bond donors (Lipinski definition) is 0. The Morgan fingerprint density at radius 2 is 2.00 bits per heavy atom. The molecule has 12 heteroatoms. The van der Waals surface area contributed by atoms with Gasteiger partial charge < -0.3 is 0 Å². The third-order valence-electron chi connectivity index (χ3n) is 5.76. The van der Waals surface area contributed by atoms with Gasteiger partial charge in [0, 0.05) is 24.3 Å². The second-order valence-electron chi connectivity index (χ2n) is 8.11. The van der Waals surface area contributed by atoms with Crippen LogP contribution in [0.1, 0.15) is 18.5 Å². The number of sulfonamides is 1. The average Bonchev–Trinajstić information content (AvgIpc) is 3.49. The number of pyridine rings is 1. The lowest BCUT2D eigenvalue weighted by Crippen LogP contribution is -2.46. The van der Waals surface area contributed by atoms with Crippen LogP contribution in [0.4, 0.5) is 5.13 Å². The number of amides is 1. The van der Waals surface area contributed by atoms with E-state index >= 15 is 0 Å². The zero-order chi connectivity index (χ0) is 24.6. The van der Waals surface area contributed by atoms with E-state index in [1.165, 1.54) is 21.7 Å². The molecule has 0 N–H and O–H groups in total. The molecule has 0 spiro atoms. The van der Waals surface area contributed by atoms with Gasteiger partial charge in [-0.15, -0.1) is 11.3 Å². The molecule has 0 radical (unpaired) electrons. The van der Waals surface area contributed by atoms with Gasteiger partial charge in [-0.1, -0.05) is 40.6 Å². The van der Waals surface area contributed by atoms with Gasteiger partial charge in [-0.05, 0) is 55.3 Å². The molecule has 1 aromatic carbocycles. The number of thiophene rings is 1. The summed E-state index contributed by atoms with van der Waals surface area (Å²) in [4.78, 5) is 24.5. The number of aromatic nitrogens is 2. The molecule has 0 saturated carbocycles. The summed E-state index contributed by atoms with van der Waals surface area (Å²) in [6.45, 7) is 0.699. The standard InChI is InChI=1S/C23H20Cl2N4O3S3/c24-16-6-7-18-19(12-16)33-23(27-18)29(14-17-5-1-2-10-26-17)22(30)15-4-3-11-28(13-15)35(31,32)21-9-8-20(25)34-21/h1-2,5-10,12,15H,3-4,11,13-14H2.